The van der Waals surface area contributed by atoms with Crippen LogP contribution in [0.3, 0.4) is 0 Å². The second kappa shape index (κ2) is 2.87. The summed E-state index contributed by atoms with van der Waals surface area (Å²) in [5.41, 5.74) is -0.871. The minimum Gasteiger partial charge on any atom is -0.467 e. The number of carbonyl (C=O) groups excluding carboxylic acids is 1. The fraction of sp³-hybridized carbons (Fsp3) is 0.800. The van der Waals surface area contributed by atoms with Crippen molar-refractivity contribution in [3.05, 3.63) is 0 Å². The summed E-state index contributed by atoms with van der Waals surface area (Å²) in [6.45, 7) is 3.21. The summed E-state index contributed by atoms with van der Waals surface area (Å²) in [4.78, 5) is 10.7. The third kappa shape index (κ3) is 2.05. The summed E-state index contributed by atoms with van der Waals surface area (Å²) < 4.78 is 7.81. The molecular weight excluding hydrogens is 138 g/mol. The normalized spacial score (nSPS) is 10.6. The SMILES string of the molecule is COC(=O)C(C)(C)N=S. The molecule has 0 spiro atoms. The van der Waals surface area contributed by atoms with Gasteiger partial charge in [0.2, 0.25) is 0 Å². The van der Waals surface area contributed by atoms with Crippen molar-refractivity contribution < 1.29 is 9.53 Å². The zero-order valence-corrected chi connectivity index (χ0v) is 6.49. The van der Waals surface area contributed by atoms with E-state index in [1.54, 1.807) is 13.8 Å². The maximum Gasteiger partial charge on any atom is 0.334 e. The maximum atomic E-state index is 10.7. The van der Waals surface area contributed by atoms with Gasteiger partial charge in [0, 0.05) is 12.4 Å². The summed E-state index contributed by atoms with van der Waals surface area (Å²) >= 11 is 4.35. The zero-order chi connectivity index (χ0) is 7.49. The number of nitrogens with zero attached hydrogens (tertiary/aromatic N) is 1. The fourth-order valence-corrected chi connectivity index (χ4v) is 0.362. The Kier molecular flexibility index (Phi) is 2.70. The molecule has 0 heterocycles. The molecule has 0 unspecified atom stereocenters. The Labute approximate surface area is 59.6 Å². The molecule has 4 heteroatoms. The molecule has 0 radical (unpaired) electrons. The highest BCUT2D eigenvalue weighted by atomic mass is 32.1. The second-order valence-corrected chi connectivity index (χ2v) is 2.32. The van der Waals surface area contributed by atoms with E-state index in [2.05, 4.69) is 21.5 Å². The predicted octanol–water partition coefficient (Wildman–Crippen LogP) is 0.668. The topological polar surface area (TPSA) is 38.7 Å². The first-order valence-corrected chi connectivity index (χ1v) is 2.84. The molecule has 0 bridgehead atoms. The van der Waals surface area contributed by atoms with Gasteiger partial charge in [0.05, 0.1) is 7.11 Å². The lowest BCUT2D eigenvalue weighted by Crippen LogP contribution is -2.29. The second-order valence-electron chi connectivity index (χ2n) is 2.14. The van der Waals surface area contributed by atoms with Crippen molar-refractivity contribution in [1.82, 2.24) is 0 Å². The van der Waals surface area contributed by atoms with Crippen LogP contribution in [0.4, 0.5) is 0 Å². The van der Waals surface area contributed by atoms with Crippen molar-refractivity contribution in [3.8, 4) is 0 Å². The van der Waals surface area contributed by atoms with E-state index in [0.717, 1.165) is 0 Å². The number of methoxy groups -OCH3 is 1. The minimum absolute atomic E-state index is 0.405. The number of rotatable bonds is 2. The molecule has 0 rings (SSSR count). The van der Waals surface area contributed by atoms with Crippen molar-refractivity contribution in [1.29, 1.82) is 0 Å². The quantitative estimate of drug-likeness (QED) is 0.539. The molecule has 0 N–H and O–H groups in total. The predicted molar refractivity (Wildman–Crippen MR) is 35.9 cm³/mol. The Morgan fingerprint density at radius 2 is 2.11 bits per heavy atom. The van der Waals surface area contributed by atoms with Crippen LogP contribution in [0.25, 0.3) is 0 Å². The van der Waals surface area contributed by atoms with Crippen LogP contribution in [0.1, 0.15) is 13.8 Å². The molecule has 0 saturated heterocycles. The van der Waals surface area contributed by atoms with Crippen LogP contribution >= 0.6 is 0 Å². The van der Waals surface area contributed by atoms with Crippen LogP contribution in [0.5, 0.6) is 0 Å². The first-order chi connectivity index (χ1) is 4.04. The molecule has 9 heavy (non-hydrogen) atoms. The van der Waals surface area contributed by atoms with Crippen molar-refractivity contribution in [2.45, 2.75) is 19.4 Å². The third-order valence-corrected chi connectivity index (χ3v) is 1.37. The van der Waals surface area contributed by atoms with E-state index < -0.39 is 11.5 Å². The van der Waals surface area contributed by atoms with Crippen molar-refractivity contribution in [2.75, 3.05) is 7.11 Å². The van der Waals surface area contributed by atoms with Crippen LogP contribution in [0.15, 0.2) is 4.36 Å². The third-order valence-electron chi connectivity index (χ3n) is 0.913. The molecule has 0 aromatic carbocycles. The molecular formula is C5H9NO2S. The summed E-state index contributed by atoms with van der Waals surface area (Å²) in [5, 5.41) is 0. The van der Waals surface area contributed by atoms with E-state index in [0.29, 0.717) is 0 Å². The van der Waals surface area contributed by atoms with Crippen LogP contribution in [0, 0.1) is 0 Å². The molecule has 3 nitrogen and oxygen atoms in total. The lowest BCUT2D eigenvalue weighted by Gasteiger charge is -2.12. The lowest BCUT2D eigenvalue weighted by atomic mass is 10.1. The van der Waals surface area contributed by atoms with Gasteiger partial charge in [-0.25, -0.2) is 9.16 Å². The van der Waals surface area contributed by atoms with Crippen molar-refractivity contribution in [2.24, 2.45) is 4.36 Å². The molecule has 0 aromatic heterocycles. The monoisotopic (exact) mass is 147 g/mol. The Balaban J connectivity index is 4.14. The summed E-state index contributed by atoms with van der Waals surface area (Å²) in [5.74, 6) is -0.405. The lowest BCUT2D eigenvalue weighted by molar-refractivity contribution is -0.145. The van der Waals surface area contributed by atoms with Crippen LogP contribution < -0.4 is 0 Å². The highest BCUT2D eigenvalue weighted by Gasteiger charge is 2.26. The molecule has 0 aliphatic carbocycles. The highest BCUT2D eigenvalue weighted by Crippen LogP contribution is 2.08. The average molecular weight is 147 g/mol. The maximum absolute atomic E-state index is 10.7. The number of hydrogen-bond acceptors (Lipinski definition) is 4. The van der Waals surface area contributed by atoms with Crippen LogP contribution in [-0.4, -0.2) is 18.6 Å². The molecule has 0 fully saturated rings. The highest BCUT2D eigenvalue weighted by molar-refractivity contribution is 7.47. The fourth-order valence-electron chi connectivity index (χ4n) is 0.287. The van der Waals surface area contributed by atoms with E-state index in [1.165, 1.54) is 7.11 Å². The number of carbonyl (C=O) groups is 1. The summed E-state index contributed by atoms with van der Waals surface area (Å²) in [7, 11) is 1.31. The van der Waals surface area contributed by atoms with Gasteiger partial charge in [-0.15, -0.1) is 0 Å². The van der Waals surface area contributed by atoms with Crippen LogP contribution in [0.2, 0.25) is 0 Å². The van der Waals surface area contributed by atoms with Gasteiger partial charge >= 0.3 is 5.97 Å². The Hall–Kier alpha value is -0.510. The van der Waals surface area contributed by atoms with Gasteiger partial charge in [-0.1, -0.05) is 0 Å². The Bertz CT molecular complexity index is 133. The standard InChI is InChI=1S/C5H9NO2S/c1-5(2,6-9)4(7)8-3/h1-3H3. The van der Waals surface area contributed by atoms with E-state index in [4.69, 9.17) is 0 Å². The van der Waals surface area contributed by atoms with Gasteiger partial charge < -0.3 is 4.74 Å². The van der Waals surface area contributed by atoms with Crippen LogP contribution in [-0.2, 0) is 22.0 Å². The van der Waals surface area contributed by atoms with E-state index in [-0.39, 0.29) is 0 Å². The van der Waals surface area contributed by atoms with Gasteiger partial charge in [-0.3, -0.25) is 0 Å². The zero-order valence-electron chi connectivity index (χ0n) is 5.67. The van der Waals surface area contributed by atoms with Gasteiger partial charge in [-0.05, 0) is 13.8 Å². The number of ether oxygens (including phenoxy) is 1. The van der Waals surface area contributed by atoms with Gasteiger partial charge in [0.15, 0.2) is 5.54 Å². The van der Waals surface area contributed by atoms with Gasteiger partial charge in [0.25, 0.3) is 0 Å². The van der Waals surface area contributed by atoms with E-state index >= 15 is 0 Å². The largest absolute Gasteiger partial charge is 0.467 e. The average Bonchev–Trinajstić information content (AvgIpc) is 1.86. The summed E-state index contributed by atoms with van der Waals surface area (Å²) in [6, 6.07) is 0. The van der Waals surface area contributed by atoms with E-state index in [1.807, 2.05) is 0 Å². The first kappa shape index (κ1) is 8.49. The molecule has 0 aliphatic rings. The molecule has 0 amide bonds. The Morgan fingerprint density at radius 3 is 2.22 bits per heavy atom. The molecule has 0 aliphatic heterocycles. The minimum atomic E-state index is -0.871. The van der Waals surface area contributed by atoms with Gasteiger partial charge in [0.1, 0.15) is 0 Å². The molecule has 0 atom stereocenters. The Morgan fingerprint density at radius 1 is 1.67 bits per heavy atom. The first-order valence-electron chi connectivity index (χ1n) is 2.47. The van der Waals surface area contributed by atoms with Crippen molar-refractivity contribution in [3.63, 3.8) is 0 Å². The molecule has 52 valence electrons. The molecule has 0 saturated carbocycles. The van der Waals surface area contributed by atoms with Crippen molar-refractivity contribution >= 4 is 18.4 Å². The number of hydrogen-bond donors (Lipinski definition) is 0. The van der Waals surface area contributed by atoms with E-state index in [9.17, 15) is 4.79 Å². The summed E-state index contributed by atoms with van der Waals surface area (Å²) in [6.07, 6.45) is 0. The molecule has 0 aromatic rings. The number of esters is 1. The smallest absolute Gasteiger partial charge is 0.334 e. The van der Waals surface area contributed by atoms with Gasteiger partial charge in [-0.2, -0.15) is 0 Å².